The summed E-state index contributed by atoms with van der Waals surface area (Å²) < 4.78 is 1.48. The largest absolute Gasteiger partial charge is 0.355 e. The molecule has 0 atom stereocenters. The predicted molar refractivity (Wildman–Crippen MR) is 154 cm³/mol. The highest BCUT2D eigenvalue weighted by molar-refractivity contribution is 6.07. The van der Waals surface area contributed by atoms with Crippen molar-refractivity contribution in [2.75, 3.05) is 35.3 Å². The van der Waals surface area contributed by atoms with Crippen molar-refractivity contribution in [2.24, 2.45) is 7.05 Å². The van der Waals surface area contributed by atoms with E-state index in [9.17, 15) is 14.4 Å². The number of aryl methyl sites for hydroxylation is 2. The molecular formula is C30H30N6O3. The van der Waals surface area contributed by atoms with Gasteiger partial charge in [0.2, 0.25) is 0 Å². The molecule has 5 rings (SSSR count). The first-order chi connectivity index (χ1) is 18.8. The first-order valence-electron chi connectivity index (χ1n) is 12.7. The average Bonchev–Trinajstić information content (AvgIpc) is 3.32. The van der Waals surface area contributed by atoms with Crippen LogP contribution >= 0.6 is 0 Å². The van der Waals surface area contributed by atoms with Crippen LogP contribution in [-0.4, -0.2) is 41.6 Å². The summed E-state index contributed by atoms with van der Waals surface area (Å²) in [6, 6.07) is 20.4. The van der Waals surface area contributed by atoms with Gasteiger partial charge in [0.05, 0.1) is 5.69 Å². The van der Waals surface area contributed by atoms with Gasteiger partial charge in [0, 0.05) is 61.6 Å². The number of hydrogen-bond donors (Lipinski definition) is 2. The molecule has 0 spiro atoms. The van der Waals surface area contributed by atoms with Gasteiger partial charge in [-0.15, -0.1) is 0 Å². The topological polar surface area (TPSA) is 99.6 Å². The molecule has 198 valence electrons. The summed E-state index contributed by atoms with van der Waals surface area (Å²) in [6.07, 6.45) is 1.69. The molecule has 3 aromatic carbocycles. The molecule has 1 aliphatic rings. The quantitative estimate of drug-likeness (QED) is 0.385. The number of amides is 3. The fraction of sp³-hybridized carbons (Fsp3) is 0.200. The number of benzene rings is 3. The molecule has 2 heterocycles. The molecule has 1 saturated heterocycles. The van der Waals surface area contributed by atoms with Crippen LogP contribution in [0.5, 0.6) is 0 Å². The van der Waals surface area contributed by atoms with Crippen LogP contribution in [-0.2, 0) is 7.05 Å². The van der Waals surface area contributed by atoms with E-state index in [-0.39, 0.29) is 23.3 Å². The molecule has 0 bridgehead atoms. The number of carbonyl (C=O) groups is 2. The Morgan fingerprint density at radius 2 is 1.59 bits per heavy atom. The Bertz CT molecular complexity index is 1610. The van der Waals surface area contributed by atoms with Gasteiger partial charge in [-0.05, 0) is 61.9 Å². The summed E-state index contributed by atoms with van der Waals surface area (Å²) in [5.41, 5.74) is 6.00. The van der Waals surface area contributed by atoms with Gasteiger partial charge in [0.25, 0.3) is 11.5 Å². The smallest absolute Gasteiger partial charge is 0.329 e. The Kier molecular flexibility index (Phi) is 6.89. The second-order valence-electron chi connectivity index (χ2n) is 9.54. The van der Waals surface area contributed by atoms with Gasteiger partial charge >= 0.3 is 6.03 Å². The molecule has 4 aromatic rings. The minimum atomic E-state index is -0.286. The standard InChI is InChI=1S/C30H30N6O3/c1-19-8-14-23(15-9-19)35-16-17-36(30(35)39)26-7-5-6-24(20(26)2)25-18-34(4)29(38)27(33-25)32-22-12-10-21(11-13-22)28(37)31-3/h5-15,18H,16-17H2,1-4H3,(H,31,37)(H,32,33). The van der Waals surface area contributed by atoms with Gasteiger partial charge < -0.3 is 15.2 Å². The number of urea groups is 1. The van der Waals surface area contributed by atoms with Crippen LogP contribution in [0.1, 0.15) is 21.5 Å². The highest BCUT2D eigenvalue weighted by Gasteiger charge is 2.32. The summed E-state index contributed by atoms with van der Waals surface area (Å²) in [5, 5.41) is 5.67. The maximum Gasteiger partial charge on any atom is 0.329 e. The van der Waals surface area contributed by atoms with E-state index >= 15 is 0 Å². The first-order valence-corrected chi connectivity index (χ1v) is 12.7. The molecule has 0 aliphatic carbocycles. The monoisotopic (exact) mass is 522 g/mol. The fourth-order valence-corrected chi connectivity index (χ4v) is 4.72. The molecule has 0 saturated carbocycles. The van der Waals surface area contributed by atoms with Crippen molar-refractivity contribution in [1.29, 1.82) is 0 Å². The Labute approximate surface area is 226 Å². The van der Waals surface area contributed by atoms with Crippen molar-refractivity contribution in [1.82, 2.24) is 14.9 Å². The zero-order valence-electron chi connectivity index (χ0n) is 22.4. The van der Waals surface area contributed by atoms with E-state index in [4.69, 9.17) is 0 Å². The van der Waals surface area contributed by atoms with Crippen LogP contribution in [0.25, 0.3) is 11.3 Å². The van der Waals surface area contributed by atoms with Crippen LogP contribution in [0.15, 0.2) is 77.7 Å². The van der Waals surface area contributed by atoms with Crippen molar-refractivity contribution in [3.8, 4) is 11.3 Å². The van der Waals surface area contributed by atoms with Crippen molar-refractivity contribution in [3.63, 3.8) is 0 Å². The lowest BCUT2D eigenvalue weighted by Gasteiger charge is -2.22. The van der Waals surface area contributed by atoms with Gasteiger partial charge in [-0.2, -0.15) is 0 Å². The second-order valence-corrected chi connectivity index (χ2v) is 9.54. The number of rotatable bonds is 6. The molecule has 1 aromatic heterocycles. The minimum Gasteiger partial charge on any atom is -0.355 e. The molecule has 3 amide bonds. The third-order valence-corrected chi connectivity index (χ3v) is 6.93. The third-order valence-electron chi connectivity index (χ3n) is 6.93. The van der Waals surface area contributed by atoms with E-state index in [0.717, 1.165) is 28.1 Å². The molecule has 9 heteroatoms. The van der Waals surface area contributed by atoms with Gasteiger partial charge in [0.1, 0.15) is 0 Å². The van der Waals surface area contributed by atoms with Crippen molar-refractivity contribution < 1.29 is 9.59 Å². The average molecular weight is 523 g/mol. The molecule has 0 unspecified atom stereocenters. The van der Waals surface area contributed by atoms with Gasteiger partial charge in [-0.1, -0.05) is 29.8 Å². The van der Waals surface area contributed by atoms with Gasteiger partial charge in [-0.25, -0.2) is 9.78 Å². The maximum atomic E-state index is 13.4. The number of aromatic nitrogens is 2. The van der Waals surface area contributed by atoms with E-state index in [1.54, 1.807) is 54.4 Å². The molecule has 1 aliphatic heterocycles. The van der Waals surface area contributed by atoms with Crippen molar-refractivity contribution >= 4 is 34.8 Å². The summed E-state index contributed by atoms with van der Waals surface area (Å²) in [7, 11) is 3.25. The Morgan fingerprint density at radius 1 is 0.897 bits per heavy atom. The zero-order chi connectivity index (χ0) is 27.7. The number of nitrogens with one attached hydrogen (secondary N) is 2. The normalized spacial score (nSPS) is 13.1. The zero-order valence-corrected chi connectivity index (χ0v) is 22.4. The summed E-state index contributed by atoms with van der Waals surface area (Å²) in [6.45, 7) is 5.14. The van der Waals surface area contributed by atoms with E-state index < -0.39 is 0 Å². The maximum absolute atomic E-state index is 13.4. The number of nitrogens with zero attached hydrogens (tertiary/aromatic N) is 4. The fourth-order valence-electron chi connectivity index (χ4n) is 4.72. The Hall–Kier alpha value is -4.92. The Balaban J connectivity index is 1.45. The van der Waals surface area contributed by atoms with E-state index in [1.807, 2.05) is 56.3 Å². The molecule has 9 nitrogen and oxygen atoms in total. The molecule has 2 N–H and O–H groups in total. The highest BCUT2D eigenvalue weighted by Crippen LogP contribution is 2.33. The van der Waals surface area contributed by atoms with Crippen LogP contribution in [0.4, 0.5) is 27.7 Å². The van der Waals surface area contributed by atoms with Gasteiger partial charge in [-0.3, -0.25) is 19.4 Å². The molecule has 0 radical (unpaired) electrons. The Morgan fingerprint density at radius 3 is 2.28 bits per heavy atom. The number of carbonyl (C=O) groups excluding carboxylic acids is 2. The lowest BCUT2D eigenvalue weighted by atomic mass is 10.0. The van der Waals surface area contributed by atoms with Crippen molar-refractivity contribution in [3.05, 3.63) is 100.0 Å². The van der Waals surface area contributed by atoms with Crippen LogP contribution in [0.2, 0.25) is 0 Å². The SMILES string of the molecule is CNC(=O)c1ccc(Nc2nc(-c3cccc(N4CCN(c5ccc(C)cc5)C4=O)c3C)cn(C)c2=O)cc1. The van der Waals surface area contributed by atoms with E-state index in [0.29, 0.717) is 30.0 Å². The van der Waals surface area contributed by atoms with Gasteiger partial charge in [0.15, 0.2) is 5.82 Å². The third kappa shape index (κ3) is 4.98. The molecular weight excluding hydrogens is 492 g/mol. The molecule has 39 heavy (non-hydrogen) atoms. The predicted octanol–water partition coefficient (Wildman–Crippen LogP) is 4.61. The minimum absolute atomic E-state index is 0.0740. The van der Waals surface area contributed by atoms with Crippen LogP contribution in [0, 0.1) is 13.8 Å². The highest BCUT2D eigenvalue weighted by atomic mass is 16.2. The van der Waals surface area contributed by atoms with Crippen LogP contribution < -0.4 is 26.0 Å². The molecule has 1 fully saturated rings. The number of anilines is 4. The number of hydrogen-bond acceptors (Lipinski definition) is 5. The lowest BCUT2D eigenvalue weighted by Crippen LogP contribution is -2.32. The van der Waals surface area contributed by atoms with E-state index in [2.05, 4.69) is 15.6 Å². The summed E-state index contributed by atoms with van der Waals surface area (Å²) >= 11 is 0. The summed E-state index contributed by atoms with van der Waals surface area (Å²) in [5.74, 6) is -0.0262. The van der Waals surface area contributed by atoms with Crippen molar-refractivity contribution in [2.45, 2.75) is 13.8 Å². The van der Waals surface area contributed by atoms with Crippen LogP contribution in [0.3, 0.4) is 0 Å². The van der Waals surface area contributed by atoms with E-state index in [1.165, 1.54) is 4.57 Å². The lowest BCUT2D eigenvalue weighted by molar-refractivity contribution is 0.0963. The second kappa shape index (κ2) is 10.4. The first kappa shape index (κ1) is 25.7. The summed E-state index contributed by atoms with van der Waals surface area (Å²) in [4.78, 5) is 46.3.